The summed E-state index contributed by atoms with van der Waals surface area (Å²) >= 11 is 11.9. The van der Waals surface area contributed by atoms with Gasteiger partial charge in [0.2, 0.25) is 0 Å². The summed E-state index contributed by atoms with van der Waals surface area (Å²) in [5, 5.41) is 3.85. The van der Waals surface area contributed by atoms with E-state index in [9.17, 15) is 4.79 Å². The van der Waals surface area contributed by atoms with E-state index in [1.807, 2.05) is 20.8 Å². The first-order valence-electron chi connectivity index (χ1n) is 5.98. The van der Waals surface area contributed by atoms with Gasteiger partial charge in [0.05, 0.1) is 10.0 Å². The van der Waals surface area contributed by atoms with Gasteiger partial charge in [0.25, 0.3) is 0 Å². The highest BCUT2D eigenvalue weighted by Crippen LogP contribution is 2.30. The van der Waals surface area contributed by atoms with Crippen LogP contribution in [-0.2, 0) is 15.1 Å². The Morgan fingerprint density at radius 2 is 1.74 bits per heavy atom. The number of rotatable bonds is 3. The minimum atomic E-state index is -0.971. The number of ether oxygens (including phenoxy) is 1. The van der Waals surface area contributed by atoms with Crippen molar-refractivity contribution in [3.05, 3.63) is 33.8 Å². The van der Waals surface area contributed by atoms with E-state index in [0.717, 1.165) is 0 Å². The molecule has 0 bridgehead atoms. The lowest BCUT2D eigenvalue weighted by Crippen LogP contribution is -2.48. The Hall–Kier alpha value is -0.770. The highest BCUT2D eigenvalue weighted by Gasteiger charge is 2.37. The molecule has 0 amide bonds. The van der Waals surface area contributed by atoms with Gasteiger partial charge in [-0.15, -0.1) is 0 Å². The van der Waals surface area contributed by atoms with E-state index in [1.165, 1.54) is 0 Å². The van der Waals surface area contributed by atoms with E-state index in [2.05, 4.69) is 5.32 Å². The van der Waals surface area contributed by atoms with E-state index < -0.39 is 11.1 Å². The zero-order chi connectivity index (χ0) is 14.8. The van der Waals surface area contributed by atoms with Crippen molar-refractivity contribution in [2.75, 3.05) is 7.05 Å². The molecule has 1 rings (SSSR count). The number of hydrogen-bond donors (Lipinski definition) is 1. The molecular formula is C14H19Cl2NO2. The molecule has 19 heavy (non-hydrogen) atoms. The maximum atomic E-state index is 12.3. The summed E-state index contributed by atoms with van der Waals surface area (Å²) < 4.78 is 5.44. The van der Waals surface area contributed by atoms with Crippen LogP contribution in [0.2, 0.25) is 10.0 Å². The summed E-state index contributed by atoms with van der Waals surface area (Å²) in [6.45, 7) is 7.24. The zero-order valence-corrected chi connectivity index (χ0v) is 13.3. The number of nitrogens with one attached hydrogen (secondary N) is 1. The van der Waals surface area contributed by atoms with Gasteiger partial charge in [-0.25, -0.2) is 4.79 Å². The lowest BCUT2D eigenvalue weighted by molar-refractivity contribution is -0.162. The summed E-state index contributed by atoms with van der Waals surface area (Å²) in [6, 6.07) is 5.10. The standard InChI is InChI=1S/C14H19Cl2NO2/c1-13(2,3)19-12(18)14(4,17-5)9-6-7-10(15)11(16)8-9/h6-8,17H,1-5H3. The molecule has 0 saturated carbocycles. The third-order valence-electron chi connectivity index (χ3n) is 2.80. The second-order valence-corrected chi connectivity index (χ2v) is 6.32. The van der Waals surface area contributed by atoms with Gasteiger partial charge in [-0.3, -0.25) is 0 Å². The Balaban J connectivity index is 3.15. The van der Waals surface area contributed by atoms with E-state index in [1.54, 1.807) is 32.2 Å². The molecule has 1 N–H and O–H groups in total. The first-order chi connectivity index (χ1) is 8.60. The summed E-state index contributed by atoms with van der Waals surface area (Å²) in [5.74, 6) is -0.360. The summed E-state index contributed by atoms with van der Waals surface area (Å²) in [6.07, 6.45) is 0. The number of carbonyl (C=O) groups excluding carboxylic acids is 1. The second-order valence-electron chi connectivity index (χ2n) is 5.51. The van der Waals surface area contributed by atoms with Crippen molar-refractivity contribution in [2.24, 2.45) is 0 Å². The largest absolute Gasteiger partial charge is 0.458 e. The highest BCUT2D eigenvalue weighted by molar-refractivity contribution is 6.42. The van der Waals surface area contributed by atoms with Crippen molar-refractivity contribution in [1.82, 2.24) is 5.32 Å². The zero-order valence-electron chi connectivity index (χ0n) is 11.8. The smallest absolute Gasteiger partial charge is 0.331 e. The molecule has 0 aliphatic heterocycles. The van der Waals surface area contributed by atoms with Crippen molar-refractivity contribution in [3.63, 3.8) is 0 Å². The molecule has 0 aliphatic carbocycles. The van der Waals surface area contributed by atoms with Crippen molar-refractivity contribution in [1.29, 1.82) is 0 Å². The number of esters is 1. The topological polar surface area (TPSA) is 38.3 Å². The average Bonchev–Trinajstić information content (AvgIpc) is 2.29. The molecule has 0 fully saturated rings. The summed E-state index contributed by atoms with van der Waals surface area (Å²) in [4.78, 5) is 12.3. The van der Waals surface area contributed by atoms with Crippen molar-refractivity contribution in [2.45, 2.75) is 38.8 Å². The van der Waals surface area contributed by atoms with Gasteiger partial charge in [0.15, 0.2) is 0 Å². The average molecular weight is 304 g/mol. The minimum absolute atomic E-state index is 0.360. The molecule has 0 aliphatic rings. The van der Waals surface area contributed by atoms with Crippen LogP contribution in [-0.4, -0.2) is 18.6 Å². The predicted octanol–water partition coefficient (Wildman–Crippen LogP) is 3.77. The van der Waals surface area contributed by atoms with Crippen LogP contribution in [0, 0.1) is 0 Å². The van der Waals surface area contributed by atoms with Crippen molar-refractivity contribution in [3.8, 4) is 0 Å². The molecule has 106 valence electrons. The van der Waals surface area contributed by atoms with Crippen LogP contribution in [0.25, 0.3) is 0 Å². The van der Waals surface area contributed by atoms with Gasteiger partial charge < -0.3 is 10.1 Å². The van der Waals surface area contributed by atoms with E-state index in [4.69, 9.17) is 27.9 Å². The van der Waals surface area contributed by atoms with Crippen LogP contribution in [0.15, 0.2) is 18.2 Å². The van der Waals surface area contributed by atoms with Gasteiger partial charge in [-0.1, -0.05) is 29.3 Å². The van der Waals surface area contributed by atoms with Crippen LogP contribution in [0.4, 0.5) is 0 Å². The van der Waals surface area contributed by atoms with E-state index in [0.29, 0.717) is 15.6 Å². The quantitative estimate of drug-likeness (QED) is 0.864. The Morgan fingerprint density at radius 3 is 2.16 bits per heavy atom. The maximum absolute atomic E-state index is 12.3. The van der Waals surface area contributed by atoms with Crippen LogP contribution in [0.3, 0.4) is 0 Å². The molecule has 1 atom stereocenters. The number of halogens is 2. The third kappa shape index (κ3) is 3.85. The first-order valence-corrected chi connectivity index (χ1v) is 6.73. The Bertz CT molecular complexity index is 483. The minimum Gasteiger partial charge on any atom is -0.458 e. The van der Waals surface area contributed by atoms with Gasteiger partial charge in [-0.2, -0.15) is 0 Å². The van der Waals surface area contributed by atoms with E-state index in [-0.39, 0.29) is 5.97 Å². The van der Waals surface area contributed by atoms with Gasteiger partial charge in [-0.05, 0) is 52.4 Å². The molecule has 5 heteroatoms. The lowest BCUT2D eigenvalue weighted by Gasteiger charge is -2.31. The maximum Gasteiger partial charge on any atom is 0.331 e. The molecular weight excluding hydrogens is 285 g/mol. The molecule has 1 unspecified atom stereocenters. The number of hydrogen-bond acceptors (Lipinski definition) is 3. The molecule has 1 aromatic carbocycles. The molecule has 1 aromatic rings. The fraction of sp³-hybridized carbons (Fsp3) is 0.500. The van der Waals surface area contributed by atoms with Crippen LogP contribution < -0.4 is 5.32 Å². The first kappa shape index (κ1) is 16.3. The second kappa shape index (κ2) is 5.70. The highest BCUT2D eigenvalue weighted by atomic mass is 35.5. The predicted molar refractivity (Wildman–Crippen MR) is 78.7 cm³/mol. The van der Waals surface area contributed by atoms with Crippen LogP contribution >= 0.6 is 23.2 Å². The normalized spacial score (nSPS) is 14.9. The van der Waals surface area contributed by atoms with E-state index >= 15 is 0 Å². The SMILES string of the molecule is CNC(C)(C(=O)OC(C)(C)C)c1ccc(Cl)c(Cl)c1. The molecule has 0 saturated heterocycles. The number of benzene rings is 1. The number of carbonyl (C=O) groups is 1. The van der Waals surface area contributed by atoms with Crippen LogP contribution in [0.1, 0.15) is 33.3 Å². The Kier molecular flexibility index (Phi) is 4.88. The van der Waals surface area contributed by atoms with Crippen LogP contribution in [0.5, 0.6) is 0 Å². The fourth-order valence-electron chi connectivity index (χ4n) is 1.55. The third-order valence-corrected chi connectivity index (χ3v) is 3.54. The fourth-order valence-corrected chi connectivity index (χ4v) is 1.85. The van der Waals surface area contributed by atoms with Gasteiger partial charge >= 0.3 is 5.97 Å². The monoisotopic (exact) mass is 303 g/mol. The van der Waals surface area contributed by atoms with Gasteiger partial charge in [0.1, 0.15) is 11.1 Å². The van der Waals surface area contributed by atoms with Crippen molar-refractivity contribution < 1.29 is 9.53 Å². The van der Waals surface area contributed by atoms with Gasteiger partial charge in [0, 0.05) is 0 Å². The molecule has 0 heterocycles. The lowest BCUT2D eigenvalue weighted by atomic mass is 9.92. The Labute approximate surface area is 124 Å². The molecule has 3 nitrogen and oxygen atoms in total. The summed E-state index contributed by atoms with van der Waals surface area (Å²) in [5.41, 5.74) is -0.814. The molecule has 0 spiro atoms. The summed E-state index contributed by atoms with van der Waals surface area (Å²) in [7, 11) is 1.70. The van der Waals surface area contributed by atoms with Crippen molar-refractivity contribution >= 4 is 29.2 Å². The number of likely N-dealkylation sites (N-methyl/N-ethyl adjacent to an activating group) is 1. The Morgan fingerprint density at radius 1 is 1.16 bits per heavy atom. The molecule has 0 radical (unpaired) electrons. The molecule has 0 aromatic heterocycles.